The molecule has 7 nitrogen and oxygen atoms in total. The van der Waals surface area contributed by atoms with Crippen molar-refractivity contribution in [1.29, 1.82) is 0 Å². The van der Waals surface area contributed by atoms with Crippen molar-refractivity contribution in [3.05, 3.63) is 101 Å². The van der Waals surface area contributed by atoms with Crippen LogP contribution in [0.2, 0.25) is 0 Å². The van der Waals surface area contributed by atoms with Gasteiger partial charge in [-0.25, -0.2) is 0 Å². The summed E-state index contributed by atoms with van der Waals surface area (Å²) in [6.07, 6.45) is 7.31. The number of hydrogen-bond acceptors (Lipinski definition) is 7. The fraction of sp³-hybridized carbons (Fsp3) is 0.368. The number of hydrogen-bond donors (Lipinski definition) is 2. The van der Waals surface area contributed by atoms with Gasteiger partial charge in [-0.3, -0.25) is 0 Å². The predicted octanol–water partition coefficient (Wildman–Crippen LogP) is 11.3. The molecule has 0 bridgehead atoms. The Labute approximate surface area is 277 Å². The van der Waals surface area contributed by atoms with Gasteiger partial charge in [-0.2, -0.15) is 15.3 Å². The molecular formula is C38H50BN5O2. The zero-order chi connectivity index (χ0) is 34.1. The molecule has 4 aromatic rings. The molecule has 0 spiro atoms. The van der Waals surface area contributed by atoms with Crippen LogP contribution in [0.3, 0.4) is 0 Å². The molecule has 5 rings (SSSR count). The summed E-state index contributed by atoms with van der Waals surface area (Å²) in [5.74, 6) is 0.109. The SMILES string of the molecule is CCC.CCC.Cc1ccc2cc(N=Nc3cc(C)c(N=NC4=CCc5ccccc5C4)cc3O)cc(O)c2c1.[B]N(C)CCC. The molecule has 0 amide bonds. The molecule has 2 radical (unpaired) electrons. The highest BCUT2D eigenvalue weighted by Gasteiger charge is 2.11. The lowest BCUT2D eigenvalue weighted by Gasteiger charge is -2.13. The first-order chi connectivity index (χ1) is 22.1. The van der Waals surface area contributed by atoms with Crippen molar-refractivity contribution in [1.82, 2.24) is 4.81 Å². The molecule has 46 heavy (non-hydrogen) atoms. The van der Waals surface area contributed by atoms with Gasteiger partial charge in [0, 0.05) is 23.9 Å². The minimum atomic E-state index is -0.0353. The van der Waals surface area contributed by atoms with Crippen LogP contribution in [0.25, 0.3) is 10.8 Å². The first kappa shape index (κ1) is 37.9. The lowest BCUT2D eigenvalue weighted by molar-refractivity contribution is 0.476. The third-order valence-corrected chi connectivity index (χ3v) is 6.55. The molecule has 4 aromatic carbocycles. The zero-order valence-electron chi connectivity index (χ0n) is 28.9. The quantitative estimate of drug-likeness (QED) is 0.166. The van der Waals surface area contributed by atoms with Crippen molar-refractivity contribution in [3.63, 3.8) is 0 Å². The van der Waals surface area contributed by atoms with Gasteiger partial charge in [0.1, 0.15) is 17.2 Å². The molecule has 0 saturated heterocycles. The Morgan fingerprint density at radius 3 is 2.02 bits per heavy atom. The second-order valence-electron chi connectivity index (χ2n) is 11.5. The van der Waals surface area contributed by atoms with Crippen molar-refractivity contribution in [2.24, 2.45) is 20.5 Å². The van der Waals surface area contributed by atoms with E-state index in [4.69, 9.17) is 7.98 Å². The van der Waals surface area contributed by atoms with E-state index in [-0.39, 0.29) is 11.5 Å². The molecule has 0 unspecified atom stereocenters. The van der Waals surface area contributed by atoms with Gasteiger partial charge in [0.15, 0.2) is 7.98 Å². The fourth-order valence-corrected chi connectivity index (χ4v) is 4.44. The van der Waals surface area contributed by atoms with Crippen LogP contribution in [0.1, 0.15) is 76.1 Å². The summed E-state index contributed by atoms with van der Waals surface area (Å²) in [5, 5.41) is 39.7. The third kappa shape index (κ3) is 12.2. The monoisotopic (exact) mass is 619 g/mol. The highest BCUT2D eigenvalue weighted by molar-refractivity contribution is 6.04. The van der Waals surface area contributed by atoms with Crippen LogP contribution < -0.4 is 0 Å². The Kier molecular flexibility index (Phi) is 16.4. The summed E-state index contributed by atoms with van der Waals surface area (Å²) >= 11 is 0. The number of phenols is 2. The van der Waals surface area contributed by atoms with Crippen molar-refractivity contribution in [2.45, 2.75) is 80.6 Å². The van der Waals surface area contributed by atoms with Crippen LogP contribution >= 0.6 is 0 Å². The van der Waals surface area contributed by atoms with Gasteiger partial charge in [0.2, 0.25) is 0 Å². The van der Waals surface area contributed by atoms with Crippen LogP contribution in [-0.4, -0.2) is 36.6 Å². The summed E-state index contributed by atoms with van der Waals surface area (Å²) in [7, 11) is 7.10. The maximum Gasteiger partial charge on any atom is 0.182 e. The van der Waals surface area contributed by atoms with E-state index in [9.17, 15) is 10.2 Å². The van der Waals surface area contributed by atoms with Crippen LogP contribution in [0, 0.1) is 13.8 Å². The molecule has 242 valence electrons. The topological polar surface area (TPSA) is 93.1 Å². The molecule has 2 N–H and O–H groups in total. The van der Waals surface area contributed by atoms with Crippen molar-refractivity contribution < 1.29 is 10.2 Å². The number of fused-ring (bicyclic) bond motifs is 2. The largest absolute Gasteiger partial charge is 0.507 e. The Hall–Kier alpha value is -4.30. The molecule has 0 atom stereocenters. The number of rotatable bonds is 6. The first-order valence-corrected chi connectivity index (χ1v) is 16.2. The lowest BCUT2D eigenvalue weighted by Crippen LogP contribution is -2.13. The standard InChI is InChI=1S/C28H24N4O2.C4H10BN.2C3H8/c1-17-7-8-21-14-23(15-27(33)24(21)11-17)30-32-26-12-18(2)25(16-28(26)34)31-29-22-10-9-19-5-3-4-6-20(19)13-22;1-3-4-6(2)5;2*1-3-2/h3-8,10-12,14-16,33-34H,9,13H2,1-2H3;3-4H2,1-2H3;2*3H2,1-2H3. The Morgan fingerprint density at radius 1 is 0.739 bits per heavy atom. The van der Waals surface area contributed by atoms with Gasteiger partial charge >= 0.3 is 0 Å². The van der Waals surface area contributed by atoms with E-state index in [0.29, 0.717) is 17.1 Å². The molecule has 0 heterocycles. The minimum absolute atomic E-state index is 0.0353. The van der Waals surface area contributed by atoms with Gasteiger partial charge in [0.05, 0.1) is 17.1 Å². The highest BCUT2D eigenvalue weighted by Crippen LogP contribution is 2.37. The van der Waals surface area contributed by atoms with Crippen LogP contribution in [0.4, 0.5) is 17.1 Å². The van der Waals surface area contributed by atoms with Gasteiger partial charge in [0.25, 0.3) is 0 Å². The lowest BCUT2D eigenvalue weighted by atomic mass is 9.95. The summed E-state index contributed by atoms with van der Waals surface area (Å²) in [6.45, 7) is 15.5. The molecule has 1 aliphatic rings. The van der Waals surface area contributed by atoms with E-state index >= 15 is 0 Å². The molecule has 0 aromatic heterocycles. The number of aromatic hydroxyl groups is 2. The average molecular weight is 620 g/mol. The van der Waals surface area contributed by atoms with Gasteiger partial charge < -0.3 is 15.0 Å². The number of azo groups is 2. The smallest absolute Gasteiger partial charge is 0.182 e. The number of phenolic OH excluding ortho intramolecular Hbond substituents is 2. The fourth-order valence-electron chi connectivity index (χ4n) is 4.44. The maximum atomic E-state index is 10.5. The molecular weight excluding hydrogens is 569 g/mol. The van der Waals surface area contributed by atoms with Crippen LogP contribution in [0.5, 0.6) is 11.5 Å². The Morgan fingerprint density at radius 2 is 1.39 bits per heavy atom. The number of allylic oxidation sites excluding steroid dienone is 2. The minimum Gasteiger partial charge on any atom is -0.507 e. The van der Waals surface area contributed by atoms with E-state index in [2.05, 4.69) is 73.3 Å². The average Bonchev–Trinajstić information content (AvgIpc) is 3.02. The summed E-state index contributed by atoms with van der Waals surface area (Å²) in [4.78, 5) is 1.68. The predicted molar refractivity (Wildman–Crippen MR) is 194 cm³/mol. The van der Waals surface area contributed by atoms with E-state index in [0.717, 1.165) is 53.4 Å². The maximum absolute atomic E-state index is 10.5. The first-order valence-electron chi connectivity index (χ1n) is 16.2. The summed E-state index contributed by atoms with van der Waals surface area (Å²) in [6, 6.07) is 20.9. The highest BCUT2D eigenvalue weighted by atomic mass is 16.3. The van der Waals surface area contributed by atoms with Gasteiger partial charge in [-0.05, 0) is 80.6 Å². The molecule has 0 saturated carbocycles. The number of nitrogens with zero attached hydrogens (tertiary/aromatic N) is 5. The van der Waals surface area contributed by atoms with Crippen molar-refractivity contribution >= 4 is 35.8 Å². The zero-order valence-corrected chi connectivity index (χ0v) is 28.9. The molecule has 0 fully saturated rings. The Bertz CT molecular complexity index is 1630. The van der Waals surface area contributed by atoms with Crippen LogP contribution in [0.15, 0.2) is 99.0 Å². The number of benzene rings is 4. The van der Waals surface area contributed by atoms with Gasteiger partial charge in [-0.1, -0.05) is 95.5 Å². The Balaban J connectivity index is 0.000000530. The third-order valence-electron chi connectivity index (χ3n) is 6.55. The van der Waals surface area contributed by atoms with E-state index in [1.807, 2.05) is 57.3 Å². The van der Waals surface area contributed by atoms with Gasteiger partial charge in [-0.15, -0.1) is 5.11 Å². The number of aryl methyl sites for hydroxylation is 2. The summed E-state index contributed by atoms with van der Waals surface area (Å²) in [5.41, 5.74) is 6.79. The second kappa shape index (κ2) is 20.0. The van der Waals surface area contributed by atoms with E-state index in [1.165, 1.54) is 24.0 Å². The normalized spacial score (nSPS) is 12.1. The van der Waals surface area contributed by atoms with E-state index < -0.39 is 0 Å². The van der Waals surface area contributed by atoms with E-state index in [1.54, 1.807) is 23.0 Å². The van der Waals surface area contributed by atoms with Crippen molar-refractivity contribution in [2.75, 3.05) is 13.6 Å². The van der Waals surface area contributed by atoms with Crippen molar-refractivity contribution in [3.8, 4) is 11.5 Å². The summed E-state index contributed by atoms with van der Waals surface area (Å²) < 4.78 is 0. The molecule has 1 aliphatic carbocycles. The molecule has 0 aliphatic heterocycles. The molecule has 8 heteroatoms. The van der Waals surface area contributed by atoms with Crippen LogP contribution in [-0.2, 0) is 12.8 Å². The second-order valence-corrected chi connectivity index (χ2v) is 11.5.